The normalized spacial score (nSPS) is 27.1. The average Bonchev–Trinajstić information content (AvgIpc) is 2.60. The Balaban J connectivity index is 2.18. The van der Waals surface area contributed by atoms with Crippen LogP contribution in [0.2, 0.25) is 25.2 Å². The summed E-state index contributed by atoms with van der Waals surface area (Å²) in [6.07, 6.45) is 10.1. The van der Waals surface area contributed by atoms with Crippen LogP contribution in [0.4, 0.5) is 0 Å². The van der Waals surface area contributed by atoms with Crippen LogP contribution in [-0.4, -0.2) is 8.07 Å². The van der Waals surface area contributed by atoms with Gasteiger partial charge in [0.15, 0.2) is 0 Å². The third kappa shape index (κ3) is 1.33. The lowest BCUT2D eigenvalue weighted by atomic mass is 10.3. The first kappa shape index (κ1) is 8.05. The first-order chi connectivity index (χ1) is 5.59. The van der Waals surface area contributed by atoms with Crippen LogP contribution in [0.5, 0.6) is 0 Å². The quantitative estimate of drug-likeness (QED) is 0.536. The van der Waals surface area contributed by atoms with E-state index in [9.17, 15) is 0 Å². The molecule has 0 spiro atoms. The number of rotatable bonds is 1. The second-order valence-electron chi connectivity index (χ2n) is 4.82. The van der Waals surface area contributed by atoms with Gasteiger partial charge < -0.3 is 0 Å². The molecule has 1 unspecified atom stereocenters. The Kier molecular flexibility index (Phi) is 1.65. The molecule has 1 saturated carbocycles. The van der Waals surface area contributed by atoms with Crippen molar-refractivity contribution in [3.63, 3.8) is 0 Å². The molecule has 1 heteroatoms. The predicted molar refractivity (Wildman–Crippen MR) is 57.0 cm³/mol. The molecule has 1 fully saturated rings. The first-order valence-corrected chi connectivity index (χ1v) is 8.24. The van der Waals surface area contributed by atoms with E-state index in [2.05, 4.69) is 43.9 Å². The minimum atomic E-state index is -0.880. The molecule has 0 nitrogen and oxygen atoms in total. The van der Waals surface area contributed by atoms with Crippen LogP contribution in [0, 0.1) is 0 Å². The minimum Gasteiger partial charge on any atom is -0.0691 e. The van der Waals surface area contributed by atoms with Crippen molar-refractivity contribution in [1.29, 1.82) is 0 Å². The minimum absolute atomic E-state index is 0.880. The summed E-state index contributed by atoms with van der Waals surface area (Å²) >= 11 is 0. The van der Waals surface area contributed by atoms with Gasteiger partial charge in [0.1, 0.15) is 0 Å². The van der Waals surface area contributed by atoms with E-state index in [0.29, 0.717) is 0 Å². The Morgan fingerprint density at radius 3 is 2.17 bits per heavy atom. The molecular formula is C11H16Si. The van der Waals surface area contributed by atoms with Crippen LogP contribution < -0.4 is 0 Å². The second kappa shape index (κ2) is 2.46. The summed E-state index contributed by atoms with van der Waals surface area (Å²) in [6.45, 7) is 7.40. The van der Waals surface area contributed by atoms with Crippen molar-refractivity contribution in [3.8, 4) is 0 Å². The van der Waals surface area contributed by atoms with E-state index < -0.39 is 8.07 Å². The lowest BCUT2D eigenvalue weighted by Gasteiger charge is -2.13. The van der Waals surface area contributed by atoms with Gasteiger partial charge in [0.2, 0.25) is 0 Å². The molecule has 0 aromatic rings. The largest absolute Gasteiger partial charge is 0.0691 e. The monoisotopic (exact) mass is 176 g/mol. The Morgan fingerprint density at radius 2 is 1.75 bits per heavy atom. The van der Waals surface area contributed by atoms with Gasteiger partial charge in [0.05, 0.1) is 8.07 Å². The molecule has 2 rings (SSSR count). The maximum absolute atomic E-state index is 2.47. The van der Waals surface area contributed by atoms with Crippen molar-refractivity contribution >= 4 is 8.07 Å². The third-order valence-corrected chi connectivity index (χ3v) is 5.41. The molecule has 0 aromatic heterocycles. The lowest BCUT2D eigenvalue weighted by molar-refractivity contribution is 1.35. The summed E-state index contributed by atoms with van der Waals surface area (Å²) in [4.78, 5) is 0. The molecule has 0 saturated heterocycles. The highest BCUT2D eigenvalue weighted by Crippen LogP contribution is 2.53. The van der Waals surface area contributed by atoms with Gasteiger partial charge in [-0.2, -0.15) is 0 Å². The fraction of sp³-hybridized carbons (Fsp3) is 0.455. The maximum Gasteiger partial charge on any atom is 0.0521 e. The van der Waals surface area contributed by atoms with Crippen molar-refractivity contribution in [3.05, 3.63) is 35.5 Å². The smallest absolute Gasteiger partial charge is 0.0521 e. The molecule has 2 aliphatic rings. The zero-order chi connectivity index (χ0) is 8.77. The highest BCUT2D eigenvalue weighted by atomic mass is 28.3. The maximum atomic E-state index is 2.47. The molecule has 64 valence electrons. The molecule has 0 aromatic carbocycles. The van der Waals surface area contributed by atoms with Crippen LogP contribution >= 0.6 is 0 Å². The Labute approximate surface area is 75.7 Å². The summed E-state index contributed by atoms with van der Waals surface area (Å²) in [6, 6.07) is 0. The lowest BCUT2D eigenvalue weighted by Crippen LogP contribution is -2.19. The third-order valence-electron chi connectivity index (χ3n) is 2.76. The van der Waals surface area contributed by atoms with Crippen molar-refractivity contribution in [2.75, 3.05) is 0 Å². The fourth-order valence-electron chi connectivity index (χ4n) is 1.90. The Hall–Kier alpha value is -0.563. The topological polar surface area (TPSA) is 0 Å². The van der Waals surface area contributed by atoms with Crippen LogP contribution in [0.25, 0.3) is 0 Å². The van der Waals surface area contributed by atoms with Crippen molar-refractivity contribution in [1.82, 2.24) is 0 Å². The first-order valence-electron chi connectivity index (χ1n) is 4.67. The van der Waals surface area contributed by atoms with E-state index >= 15 is 0 Å². The van der Waals surface area contributed by atoms with Gasteiger partial charge in [-0.3, -0.25) is 0 Å². The van der Waals surface area contributed by atoms with Crippen molar-refractivity contribution < 1.29 is 0 Å². The number of hydrogen-bond acceptors (Lipinski definition) is 0. The summed E-state index contributed by atoms with van der Waals surface area (Å²) in [5.41, 5.74) is 4.20. The van der Waals surface area contributed by atoms with Gasteiger partial charge in [-0.1, -0.05) is 49.5 Å². The SMILES string of the molecule is C[Si](C)(C)C1CC1=C1C=CC=C1. The number of hydrogen-bond donors (Lipinski definition) is 0. The summed E-state index contributed by atoms with van der Waals surface area (Å²) < 4.78 is 0. The van der Waals surface area contributed by atoms with Crippen molar-refractivity contribution in [2.24, 2.45) is 0 Å². The summed E-state index contributed by atoms with van der Waals surface area (Å²) in [5.74, 6) is 0. The summed E-state index contributed by atoms with van der Waals surface area (Å²) in [5, 5.41) is 0. The molecule has 0 aliphatic heterocycles. The van der Waals surface area contributed by atoms with Crippen LogP contribution in [0.3, 0.4) is 0 Å². The van der Waals surface area contributed by atoms with Gasteiger partial charge in [0.25, 0.3) is 0 Å². The van der Waals surface area contributed by atoms with Crippen molar-refractivity contribution in [2.45, 2.75) is 31.6 Å². The highest BCUT2D eigenvalue weighted by Gasteiger charge is 2.42. The fourth-order valence-corrected chi connectivity index (χ4v) is 3.94. The van der Waals surface area contributed by atoms with E-state index in [1.54, 1.807) is 5.57 Å². The molecular weight excluding hydrogens is 160 g/mol. The van der Waals surface area contributed by atoms with Gasteiger partial charge in [-0.15, -0.1) is 0 Å². The number of allylic oxidation sites excluding steroid dienone is 6. The molecule has 0 heterocycles. The van der Waals surface area contributed by atoms with Crippen LogP contribution in [0.1, 0.15) is 6.42 Å². The van der Waals surface area contributed by atoms with Crippen LogP contribution in [-0.2, 0) is 0 Å². The van der Waals surface area contributed by atoms with Gasteiger partial charge in [-0.25, -0.2) is 0 Å². The van der Waals surface area contributed by atoms with E-state index in [1.807, 2.05) is 0 Å². The van der Waals surface area contributed by atoms with Gasteiger partial charge in [0, 0.05) is 0 Å². The van der Waals surface area contributed by atoms with Gasteiger partial charge in [-0.05, 0) is 17.5 Å². The predicted octanol–water partition coefficient (Wildman–Crippen LogP) is 3.52. The second-order valence-corrected chi connectivity index (χ2v) is 10.3. The molecule has 1 atom stereocenters. The van der Waals surface area contributed by atoms with E-state index in [-0.39, 0.29) is 0 Å². The Bertz CT molecular complexity index is 273. The van der Waals surface area contributed by atoms with Gasteiger partial charge >= 0.3 is 0 Å². The standard InChI is InChI=1S/C11H16Si/c1-12(2,3)11-8-10(11)9-6-4-5-7-9/h4-7,11H,8H2,1-3H3. The molecule has 12 heavy (non-hydrogen) atoms. The molecule has 0 radical (unpaired) electrons. The summed E-state index contributed by atoms with van der Waals surface area (Å²) in [7, 11) is -0.880. The molecule has 0 N–H and O–H groups in total. The Morgan fingerprint density at radius 1 is 1.17 bits per heavy atom. The van der Waals surface area contributed by atoms with E-state index in [1.165, 1.54) is 12.0 Å². The molecule has 0 bridgehead atoms. The van der Waals surface area contributed by atoms with Crippen LogP contribution in [0.15, 0.2) is 35.5 Å². The van der Waals surface area contributed by atoms with E-state index in [4.69, 9.17) is 0 Å². The highest BCUT2D eigenvalue weighted by molar-refractivity contribution is 6.79. The molecule has 0 amide bonds. The average molecular weight is 176 g/mol. The van der Waals surface area contributed by atoms with E-state index in [0.717, 1.165) is 5.54 Å². The molecule has 2 aliphatic carbocycles. The zero-order valence-electron chi connectivity index (χ0n) is 8.09. The zero-order valence-corrected chi connectivity index (χ0v) is 9.09.